The predicted octanol–water partition coefficient (Wildman–Crippen LogP) is 4.40. The zero-order chi connectivity index (χ0) is 20.3. The molecule has 0 amide bonds. The first-order chi connectivity index (χ1) is 14.3. The number of pyridine rings is 1. The summed E-state index contributed by atoms with van der Waals surface area (Å²) < 4.78 is 0. The molecule has 0 atom stereocenters. The van der Waals surface area contributed by atoms with E-state index in [1.165, 1.54) is 35.6 Å². The van der Waals surface area contributed by atoms with E-state index in [1.54, 1.807) is 11.3 Å². The number of nitrogens with zero attached hydrogens (tertiary/aromatic N) is 4. The number of guanidine groups is 1. The van der Waals surface area contributed by atoms with Crippen LogP contribution in [0.3, 0.4) is 0 Å². The molecule has 0 unspecified atom stereocenters. The molecule has 0 radical (unpaired) electrons. The molecular weight excluding hydrogens is 507 g/mol. The largest absolute Gasteiger partial charge is 0.357 e. The van der Waals surface area contributed by atoms with Crippen molar-refractivity contribution >= 4 is 47.1 Å². The second kappa shape index (κ2) is 13.8. The van der Waals surface area contributed by atoms with Gasteiger partial charge in [-0.05, 0) is 37.8 Å². The van der Waals surface area contributed by atoms with Gasteiger partial charge < -0.3 is 15.5 Å². The first kappa shape index (κ1) is 24.8. The van der Waals surface area contributed by atoms with E-state index in [1.807, 2.05) is 12.4 Å². The Labute approximate surface area is 202 Å². The van der Waals surface area contributed by atoms with Crippen LogP contribution in [0.1, 0.15) is 55.0 Å². The standard InChI is InChI=1S/C22H34N6S.HI/c1-3-19-17-26-21(29-19)11-12-24-22(23-4-2)27-16-18-9-10-20(25-15-18)28-13-7-5-6-8-14-28;/h9-10,15,17H,3-8,11-14,16H2,1-2H3,(H2,23,24,27);1H. The van der Waals surface area contributed by atoms with Crippen molar-refractivity contribution in [3.63, 3.8) is 0 Å². The quantitative estimate of drug-likeness (QED) is 0.294. The molecule has 3 heterocycles. The van der Waals surface area contributed by atoms with Gasteiger partial charge in [-0.3, -0.25) is 0 Å². The van der Waals surface area contributed by atoms with Crippen molar-refractivity contribution in [2.45, 2.75) is 58.9 Å². The fraction of sp³-hybridized carbons (Fsp3) is 0.591. The summed E-state index contributed by atoms with van der Waals surface area (Å²) in [7, 11) is 0. The number of hydrogen-bond acceptors (Lipinski definition) is 5. The Morgan fingerprint density at radius 1 is 1.07 bits per heavy atom. The number of hydrogen-bond donors (Lipinski definition) is 2. The molecule has 0 aromatic carbocycles. The van der Waals surface area contributed by atoms with Crippen LogP contribution in [0.2, 0.25) is 0 Å². The Bertz CT molecular complexity index is 753. The smallest absolute Gasteiger partial charge is 0.191 e. The van der Waals surface area contributed by atoms with Gasteiger partial charge in [-0.15, -0.1) is 35.3 Å². The van der Waals surface area contributed by atoms with E-state index in [4.69, 9.17) is 4.99 Å². The molecule has 2 N–H and O–H groups in total. The SMILES string of the molecule is CCNC(=NCc1ccc(N2CCCCCC2)nc1)NCCc1ncc(CC)s1.I. The topological polar surface area (TPSA) is 65.4 Å². The van der Waals surface area contributed by atoms with Crippen LogP contribution in [0.5, 0.6) is 0 Å². The molecule has 166 valence electrons. The van der Waals surface area contributed by atoms with Gasteiger partial charge in [0.25, 0.3) is 0 Å². The zero-order valence-electron chi connectivity index (χ0n) is 18.2. The molecule has 1 aliphatic heterocycles. The lowest BCUT2D eigenvalue weighted by atomic mass is 10.2. The van der Waals surface area contributed by atoms with Crippen molar-refractivity contribution < 1.29 is 0 Å². The van der Waals surface area contributed by atoms with Gasteiger partial charge in [0.05, 0.1) is 11.6 Å². The van der Waals surface area contributed by atoms with Crippen molar-refractivity contribution in [3.8, 4) is 0 Å². The summed E-state index contributed by atoms with van der Waals surface area (Å²) in [5.41, 5.74) is 1.13. The normalized spacial score (nSPS) is 14.7. The van der Waals surface area contributed by atoms with Crippen molar-refractivity contribution in [3.05, 3.63) is 40.0 Å². The van der Waals surface area contributed by atoms with Crippen molar-refractivity contribution in [2.75, 3.05) is 31.1 Å². The average molecular weight is 543 g/mol. The number of rotatable bonds is 8. The summed E-state index contributed by atoms with van der Waals surface area (Å²) in [6.45, 7) is 8.79. The molecule has 6 nitrogen and oxygen atoms in total. The highest BCUT2D eigenvalue weighted by Gasteiger charge is 2.10. The van der Waals surface area contributed by atoms with E-state index in [0.717, 1.165) is 56.4 Å². The summed E-state index contributed by atoms with van der Waals surface area (Å²) in [5.74, 6) is 1.94. The fourth-order valence-electron chi connectivity index (χ4n) is 3.42. The monoisotopic (exact) mass is 542 g/mol. The number of aryl methyl sites for hydroxylation is 1. The van der Waals surface area contributed by atoms with Crippen LogP contribution in [-0.2, 0) is 19.4 Å². The molecule has 0 aliphatic carbocycles. The minimum Gasteiger partial charge on any atom is -0.357 e. The molecule has 2 aromatic heterocycles. The Morgan fingerprint density at radius 2 is 1.87 bits per heavy atom. The molecule has 30 heavy (non-hydrogen) atoms. The number of halogens is 1. The third-order valence-electron chi connectivity index (χ3n) is 5.08. The number of aromatic nitrogens is 2. The van der Waals surface area contributed by atoms with Gasteiger partial charge in [0.2, 0.25) is 0 Å². The summed E-state index contributed by atoms with van der Waals surface area (Å²) in [6.07, 6.45) is 11.1. The van der Waals surface area contributed by atoms with Crippen molar-refractivity contribution in [1.82, 2.24) is 20.6 Å². The van der Waals surface area contributed by atoms with Crippen LogP contribution >= 0.6 is 35.3 Å². The molecule has 0 saturated carbocycles. The van der Waals surface area contributed by atoms with Gasteiger partial charge in [0.1, 0.15) is 5.82 Å². The predicted molar refractivity (Wildman–Crippen MR) is 138 cm³/mol. The maximum atomic E-state index is 4.72. The summed E-state index contributed by atoms with van der Waals surface area (Å²) in [4.78, 5) is 17.6. The number of nitrogens with one attached hydrogen (secondary N) is 2. The lowest BCUT2D eigenvalue weighted by Gasteiger charge is -2.21. The van der Waals surface area contributed by atoms with Crippen molar-refractivity contribution in [1.29, 1.82) is 0 Å². The van der Waals surface area contributed by atoms with Gasteiger partial charge in [-0.1, -0.05) is 25.8 Å². The third-order valence-corrected chi connectivity index (χ3v) is 6.29. The van der Waals surface area contributed by atoms with E-state index >= 15 is 0 Å². The van der Waals surface area contributed by atoms with E-state index < -0.39 is 0 Å². The molecule has 0 bridgehead atoms. The number of anilines is 1. The molecule has 8 heteroatoms. The zero-order valence-corrected chi connectivity index (χ0v) is 21.3. The van der Waals surface area contributed by atoms with E-state index in [-0.39, 0.29) is 24.0 Å². The van der Waals surface area contributed by atoms with E-state index in [9.17, 15) is 0 Å². The number of thiazole rings is 1. The van der Waals surface area contributed by atoms with Gasteiger partial charge in [-0.25, -0.2) is 15.0 Å². The van der Waals surface area contributed by atoms with Crippen molar-refractivity contribution in [2.24, 2.45) is 4.99 Å². The molecule has 2 aromatic rings. The minimum atomic E-state index is 0. The lowest BCUT2D eigenvalue weighted by Crippen LogP contribution is -2.38. The molecule has 1 aliphatic rings. The lowest BCUT2D eigenvalue weighted by molar-refractivity contribution is 0.726. The highest BCUT2D eigenvalue weighted by molar-refractivity contribution is 14.0. The van der Waals surface area contributed by atoms with E-state index in [0.29, 0.717) is 6.54 Å². The first-order valence-corrected chi connectivity index (χ1v) is 11.8. The maximum absolute atomic E-state index is 4.72. The Kier molecular flexibility index (Phi) is 11.4. The number of aliphatic imine (C=N–C) groups is 1. The van der Waals surface area contributed by atoms with Gasteiger partial charge in [0.15, 0.2) is 5.96 Å². The third kappa shape index (κ3) is 8.02. The van der Waals surface area contributed by atoms with Crippen LogP contribution < -0.4 is 15.5 Å². The fourth-order valence-corrected chi connectivity index (χ4v) is 4.29. The molecular formula is C22H35IN6S. The van der Waals surface area contributed by atoms with Crippen LogP contribution in [0.25, 0.3) is 0 Å². The molecule has 1 saturated heterocycles. The van der Waals surface area contributed by atoms with E-state index in [2.05, 4.69) is 51.5 Å². The molecule has 3 rings (SSSR count). The van der Waals surface area contributed by atoms with Crippen LogP contribution in [0.4, 0.5) is 5.82 Å². The first-order valence-electron chi connectivity index (χ1n) is 10.9. The van der Waals surface area contributed by atoms with Crippen LogP contribution in [0.15, 0.2) is 29.5 Å². The summed E-state index contributed by atoms with van der Waals surface area (Å²) >= 11 is 1.80. The van der Waals surface area contributed by atoms with Gasteiger partial charge >= 0.3 is 0 Å². The Morgan fingerprint density at radius 3 is 2.50 bits per heavy atom. The maximum Gasteiger partial charge on any atom is 0.191 e. The van der Waals surface area contributed by atoms with Gasteiger partial charge in [0, 0.05) is 49.9 Å². The van der Waals surface area contributed by atoms with Gasteiger partial charge in [-0.2, -0.15) is 0 Å². The highest BCUT2D eigenvalue weighted by Crippen LogP contribution is 2.17. The van der Waals surface area contributed by atoms with Crippen LogP contribution in [-0.4, -0.2) is 42.1 Å². The average Bonchev–Trinajstić information content (AvgIpc) is 3.04. The molecule has 1 fully saturated rings. The Hall–Kier alpha value is -1.42. The molecule has 0 spiro atoms. The Balaban J connectivity index is 0.00000320. The second-order valence-corrected chi connectivity index (χ2v) is 8.57. The minimum absolute atomic E-state index is 0. The van der Waals surface area contributed by atoms with Crippen LogP contribution in [0, 0.1) is 0 Å². The second-order valence-electron chi connectivity index (χ2n) is 7.37. The highest BCUT2D eigenvalue weighted by atomic mass is 127. The summed E-state index contributed by atoms with van der Waals surface area (Å²) in [5, 5.41) is 7.91. The summed E-state index contributed by atoms with van der Waals surface area (Å²) in [6, 6.07) is 4.30.